The highest BCUT2D eigenvalue weighted by molar-refractivity contribution is 6.42. The molecule has 0 atom stereocenters. The zero-order valence-electron chi connectivity index (χ0n) is 9.52. The summed E-state index contributed by atoms with van der Waals surface area (Å²) in [6, 6.07) is 5.92. The van der Waals surface area contributed by atoms with Crippen LogP contribution in [0.15, 0.2) is 18.2 Å². The van der Waals surface area contributed by atoms with Crippen molar-refractivity contribution in [3.05, 3.63) is 33.8 Å². The zero-order valence-corrected chi connectivity index (χ0v) is 11.0. The molecule has 1 saturated carbocycles. The van der Waals surface area contributed by atoms with Crippen LogP contribution in [0.1, 0.15) is 37.7 Å². The van der Waals surface area contributed by atoms with Crippen LogP contribution in [0, 0.1) is 0 Å². The molecule has 1 fully saturated rings. The Hall–Kier alpha value is -0.240. The van der Waals surface area contributed by atoms with Crippen molar-refractivity contribution in [1.82, 2.24) is 5.32 Å². The molecule has 0 radical (unpaired) electrons. The summed E-state index contributed by atoms with van der Waals surface area (Å²) in [6.07, 6.45) is 6.11. The van der Waals surface area contributed by atoms with Crippen molar-refractivity contribution in [1.29, 1.82) is 0 Å². The van der Waals surface area contributed by atoms with E-state index in [0.29, 0.717) is 10.0 Å². The summed E-state index contributed by atoms with van der Waals surface area (Å²) in [6.45, 7) is 0. The van der Waals surface area contributed by atoms with Gasteiger partial charge in [-0.2, -0.15) is 0 Å². The third-order valence-corrected chi connectivity index (χ3v) is 4.47. The van der Waals surface area contributed by atoms with Gasteiger partial charge in [0.05, 0.1) is 10.0 Å². The smallest absolute Gasteiger partial charge is 0.0642 e. The summed E-state index contributed by atoms with van der Waals surface area (Å²) in [5.41, 5.74) is 1.18. The van der Waals surface area contributed by atoms with E-state index in [4.69, 9.17) is 23.2 Å². The van der Waals surface area contributed by atoms with Gasteiger partial charge in [-0.1, -0.05) is 54.6 Å². The van der Waals surface area contributed by atoms with Gasteiger partial charge >= 0.3 is 0 Å². The van der Waals surface area contributed by atoms with Crippen LogP contribution in [0.25, 0.3) is 0 Å². The largest absolute Gasteiger partial charge is 0.310 e. The number of hydrogen-bond donors (Lipinski definition) is 1. The molecule has 0 bridgehead atoms. The molecule has 1 aromatic carbocycles. The van der Waals surface area contributed by atoms with Crippen LogP contribution >= 0.6 is 23.2 Å². The van der Waals surface area contributed by atoms with Gasteiger partial charge in [-0.15, -0.1) is 0 Å². The van der Waals surface area contributed by atoms with Gasteiger partial charge in [-0.25, -0.2) is 0 Å². The van der Waals surface area contributed by atoms with E-state index in [1.807, 2.05) is 19.2 Å². The SMILES string of the molecule is CNC1(c2cccc(Cl)c2Cl)CCCCC1. The second-order valence-electron chi connectivity index (χ2n) is 4.49. The summed E-state index contributed by atoms with van der Waals surface area (Å²) in [4.78, 5) is 0. The standard InChI is InChI=1S/C13H17Cl2N/c1-16-13(8-3-2-4-9-13)10-6-5-7-11(14)12(10)15/h5-7,16H,2-4,8-9H2,1H3. The lowest BCUT2D eigenvalue weighted by atomic mass is 9.76. The fraction of sp³-hybridized carbons (Fsp3) is 0.538. The number of halogens is 2. The molecule has 0 aromatic heterocycles. The number of rotatable bonds is 2. The molecule has 0 heterocycles. The fourth-order valence-electron chi connectivity index (χ4n) is 2.68. The van der Waals surface area contributed by atoms with Crippen LogP contribution in [0.3, 0.4) is 0 Å². The molecule has 1 nitrogen and oxygen atoms in total. The average molecular weight is 258 g/mol. The van der Waals surface area contributed by atoms with Gasteiger partial charge in [0.1, 0.15) is 0 Å². The molecule has 0 aliphatic heterocycles. The van der Waals surface area contributed by atoms with E-state index in [2.05, 4.69) is 11.4 Å². The number of hydrogen-bond acceptors (Lipinski definition) is 1. The van der Waals surface area contributed by atoms with Gasteiger partial charge in [-0.05, 0) is 31.5 Å². The molecule has 1 aromatic rings. The van der Waals surface area contributed by atoms with Crippen molar-refractivity contribution in [3.63, 3.8) is 0 Å². The first-order chi connectivity index (χ1) is 7.69. The predicted octanol–water partition coefficient (Wildman–Crippen LogP) is 4.37. The van der Waals surface area contributed by atoms with E-state index < -0.39 is 0 Å². The molecular formula is C13H17Cl2N. The molecule has 1 N–H and O–H groups in total. The van der Waals surface area contributed by atoms with Gasteiger partial charge in [0.25, 0.3) is 0 Å². The van der Waals surface area contributed by atoms with Crippen molar-refractivity contribution in [2.24, 2.45) is 0 Å². The van der Waals surface area contributed by atoms with Crippen molar-refractivity contribution in [3.8, 4) is 0 Å². The van der Waals surface area contributed by atoms with Crippen LogP contribution in [0.2, 0.25) is 10.0 Å². The van der Waals surface area contributed by atoms with Crippen molar-refractivity contribution in [2.75, 3.05) is 7.05 Å². The summed E-state index contributed by atoms with van der Waals surface area (Å²) < 4.78 is 0. The van der Waals surface area contributed by atoms with E-state index in [1.165, 1.54) is 19.3 Å². The lowest BCUT2D eigenvalue weighted by molar-refractivity contribution is 0.250. The lowest BCUT2D eigenvalue weighted by Gasteiger charge is -2.38. The molecule has 1 aliphatic carbocycles. The first-order valence-electron chi connectivity index (χ1n) is 5.83. The summed E-state index contributed by atoms with van der Waals surface area (Å²) in [5.74, 6) is 0. The van der Waals surface area contributed by atoms with Crippen LogP contribution in [0.4, 0.5) is 0 Å². The Morgan fingerprint density at radius 2 is 1.81 bits per heavy atom. The molecule has 0 saturated heterocycles. The van der Waals surface area contributed by atoms with Crippen LogP contribution in [-0.2, 0) is 5.54 Å². The Morgan fingerprint density at radius 1 is 1.12 bits per heavy atom. The number of benzene rings is 1. The Balaban J connectivity index is 2.43. The molecule has 88 valence electrons. The maximum absolute atomic E-state index is 6.32. The molecule has 1 aliphatic rings. The Morgan fingerprint density at radius 3 is 2.44 bits per heavy atom. The minimum atomic E-state index is 0.0280. The second kappa shape index (κ2) is 4.95. The van der Waals surface area contributed by atoms with Gasteiger partial charge in [0, 0.05) is 5.54 Å². The van der Waals surface area contributed by atoms with E-state index >= 15 is 0 Å². The summed E-state index contributed by atoms with van der Waals surface area (Å²) in [5, 5.41) is 4.82. The molecule has 0 spiro atoms. The normalized spacial score (nSPS) is 19.7. The van der Waals surface area contributed by atoms with Gasteiger partial charge in [0.2, 0.25) is 0 Å². The van der Waals surface area contributed by atoms with Crippen molar-refractivity contribution >= 4 is 23.2 Å². The van der Waals surface area contributed by atoms with E-state index in [9.17, 15) is 0 Å². The quantitative estimate of drug-likeness (QED) is 0.830. The topological polar surface area (TPSA) is 12.0 Å². The molecular weight excluding hydrogens is 241 g/mol. The Kier molecular flexibility index (Phi) is 3.78. The zero-order chi connectivity index (χ0) is 11.6. The summed E-state index contributed by atoms with van der Waals surface area (Å²) in [7, 11) is 2.02. The van der Waals surface area contributed by atoms with Gasteiger partial charge < -0.3 is 5.32 Å². The highest BCUT2D eigenvalue weighted by Gasteiger charge is 2.34. The average Bonchev–Trinajstić information content (AvgIpc) is 2.33. The third kappa shape index (κ3) is 2.09. The molecule has 0 amide bonds. The lowest BCUT2D eigenvalue weighted by Crippen LogP contribution is -2.41. The molecule has 0 unspecified atom stereocenters. The molecule has 3 heteroatoms. The first-order valence-corrected chi connectivity index (χ1v) is 6.59. The van der Waals surface area contributed by atoms with Crippen molar-refractivity contribution in [2.45, 2.75) is 37.6 Å². The first kappa shape index (κ1) is 12.2. The molecule has 16 heavy (non-hydrogen) atoms. The van der Waals surface area contributed by atoms with Crippen molar-refractivity contribution < 1.29 is 0 Å². The summed E-state index contributed by atoms with van der Waals surface area (Å²) >= 11 is 12.4. The minimum absolute atomic E-state index is 0.0280. The van der Waals surface area contributed by atoms with Gasteiger partial charge in [-0.3, -0.25) is 0 Å². The number of nitrogens with one attached hydrogen (secondary N) is 1. The van der Waals surface area contributed by atoms with Crippen LogP contribution < -0.4 is 5.32 Å². The van der Waals surface area contributed by atoms with E-state index in [1.54, 1.807) is 0 Å². The predicted molar refractivity (Wildman–Crippen MR) is 70.3 cm³/mol. The van der Waals surface area contributed by atoms with E-state index in [-0.39, 0.29) is 5.54 Å². The van der Waals surface area contributed by atoms with Gasteiger partial charge in [0.15, 0.2) is 0 Å². The monoisotopic (exact) mass is 257 g/mol. The molecule has 2 rings (SSSR count). The Bertz CT molecular complexity index is 370. The highest BCUT2D eigenvalue weighted by Crippen LogP contribution is 2.41. The fourth-order valence-corrected chi connectivity index (χ4v) is 3.16. The van der Waals surface area contributed by atoms with Crippen LogP contribution in [0.5, 0.6) is 0 Å². The maximum atomic E-state index is 6.32. The van der Waals surface area contributed by atoms with Crippen LogP contribution in [-0.4, -0.2) is 7.05 Å². The second-order valence-corrected chi connectivity index (χ2v) is 5.28. The maximum Gasteiger partial charge on any atom is 0.0642 e. The van der Waals surface area contributed by atoms with E-state index in [0.717, 1.165) is 18.4 Å². The highest BCUT2D eigenvalue weighted by atomic mass is 35.5. The third-order valence-electron chi connectivity index (χ3n) is 3.65. The Labute approximate surface area is 107 Å². The minimum Gasteiger partial charge on any atom is -0.310 e.